The fraction of sp³-hybridized carbons (Fsp3) is 0.909. The molecule has 0 saturated heterocycles. The van der Waals surface area contributed by atoms with Crippen LogP contribution < -0.4 is 0 Å². The summed E-state index contributed by atoms with van der Waals surface area (Å²) in [4.78, 5) is 9.45. The molecular formula is C11H24O4. The molecule has 0 bridgehead atoms. The Morgan fingerprint density at radius 1 is 1.33 bits per heavy atom. The molecule has 0 aliphatic rings. The number of aliphatic hydroxyl groups excluding tert-OH is 2. The minimum Gasteiger partial charge on any atom is -0.479 e. The molecule has 0 aromatic heterocycles. The summed E-state index contributed by atoms with van der Waals surface area (Å²) < 4.78 is 0. The summed E-state index contributed by atoms with van der Waals surface area (Å²) in [6.45, 7) is 5.89. The van der Waals surface area contributed by atoms with E-state index in [9.17, 15) is 4.79 Å². The van der Waals surface area contributed by atoms with Gasteiger partial charge in [0, 0.05) is 6.61 Å². The minimum absolute atomic E-state index is 0.372. The summed E-state index contributed by atoms with van der Waals surface area (Å²) in [5.41, 5.74) is 0. The Labute approximate surface area is 91.9 Å². The Bertz CT molecular complexity index is 142. The fourth-order valence-corrected chi connectivity index (χ4v) is 0.917. The number of hydrogen-bond acceptors (Lipinski definition) is 3. The molecule has 15 heavy (non-hydrogen) atoms. The van der Waals surface area contributed by atoms with Crippen molar-refractivity contribution in [2.75, 3.05) is 6.61 Å². The number of unbranched alkanes of at least 4 members (excludes halogenated alkanes) is 1. The summed E-state index contributed by atoms with van der Waals surface area (Å²) in [5, 5.41) is 24.5. The van der Waals surface area contributed by atoms with Gasteiger partial charge in [-0.1, -0.05) is 33.1 Å². The van der Waals surface area contributed by atoms with Gasteiger partial charge in [0.2, 0.25) is 0 Å². The molecule has 0 rings (SSSR count). The number of hydrogen-bond donors (Lipinski definition) is 3. The number of carboxylic acids is 1. The van der Waals surface area contributed by atoms with E-state index in [-0.39, 0.29) is 0 Å². The van der Waals surface area contributed by atoms with Gasteiger partial charge in [0.1, 0.15) is 6.10 Å². The van der Waals surface area contributed by atoms with Gasteiger partial charge in [0.25, 0.3) is 0 Å². The van der Waals surface area contributed by atoms with Crippen LogP contribution in [0.5, 0.6) is 0 Å². The molecule has 92 valence electrons. The molecule has 0 fully saturated rings. The lowest BCUT2D eigenvalue weighted by atomic mass is 10.0. The number of carbonyl (C=O) groups is 1. The Morgan fingerprint density at radius 3 is 2.00 bits per heavy atom. The van der Waals surface area contributed by atoms with E-state index in [0.717, 1.165) is 6.42 Å². The van der Waals surface area contributed by atoms with Crippen LogP contribution in [0.4, 0.5) is 0 Å². The summed E-state index contributed by atoms with van der Waals surface area (Å²) in [5.74, 6) is -0.625. The Morgan fingerprint density at radius 2 is 1.80 bits per heavy atom. The van der Waals surface area contributed by atoms with Gasteiger partial charge in [-0.25, -0.2) is 4.79 Å². The maximum atomic E-state index is 9.45. The lowest BCUT2D eigenvalue weighted by molar-refractivity contribution is -0.145. The molecule has 2 atom stereocenters. The second kappa shape index (κ2) is 11.5. The van der Waals surface area contributed by atoms with Gasteiger partial charge in [0.15, 0.2) is 0 Å². The van der Waals surface area contributed by atoms with E-state index in [1.54, 1.807) is 0 Å². The predicted molar refractivity (Wildman–Crippen MR) is 59.7 cm³/mol. The maximum absolute atomic E-state index is 9.45. The van der Waals surface area contributed by atoms with Crippen LogP contribution in [0.25, 0.3) is 0 Å². The molecular weight excluding hydrogens is 196 g/mol. The van der Waals surface area contributed by atoms with Crippen molar-refractivity contribution < 1.29 is 20.1 Å². The normalized spacial score (nSPS) is 13.7. The summed E-state index contributed by atoms with van der Waals surface area (Å²) >= 11 is 0. The molecule has 0 saturated carbocycles. The molecule has 0 aromatic rings. The Hall–Kier alpha value is -0.610. The second-order valence-electron chi connectivity index (χ2n) is 3.61. The molecule has 0 aliphatic carbocycles. The zero-order valence-electron chi connectivity index (χ0n) is 9.94. The Kier molecular flexibility index (Phi) is 12.8. The Balaban J connectivity index is 0. The molecule has 0 aromatic carbocycles. The second-order valence-corrected chi connectivity index (χ2v) is 3.61. The van der Waals surface area contributed by atoms with Crippen molar-refractivity contribution in [2.45, 2.75) is 52.6 Å². The molecule has 3 N–H and O–H groups in total. The van der Waals surface area contributed by atoms with E-state index in [1.165, 1.54) is 26.2 Å². The number of rotatable bonds is 6. The summed E-state index contributed by atoms with van der Waals surface area (Å²) in [7, 11) is 0. The average Bonchev–Trinajstić information content (AvgIpc) is 2.20. The van der Waals surface area contributed by atoms with Crippen LogP contribution in [0, 0.1) is 5.92 Å². The van der Waals surface area contributed by atoms with Gasteiger partial charge in [-0.05, 0) is 19.3 Å². The molecule has 0 spiro atoms. The van der Waals surface area contributed by atoms with Crippen molar-refractivity contribution in [2.24, 2.45) is 5.92 Å². The van der Waals surface area contributed by atoms with Crippen LogP contribution in [0.15, 0.2) is 0 Å². The highest BCUT2D eigenvalue weighted by Gasteiger charge is 2.02. The minimum atomic E-state index is -1.23. The highest BCUT2D eigenvalue weighted by molar-refractivity contribution is 5.71. The first-order chi connectivity index (χ1) is 6.99. The largest absolute Gasteiger partial charge is 0.479 e. The van der Waals surface area contributed by atoms with Crippen molar-refractivity contribution in [3.63, 3.8) is 0 Å². The third kappa shape index (κ3) is 13.4. The first-order valence-corrected chi connectivity index (χ1v) is 5.51. The average molecular weight is 220 g/mol. The molecule has 0 heterocycles. The van der Waals surface area contributed by atoms with Gasteiger partial charge >= 0.3 is 5.97 Å². The van der Waals surface area contributed by atoms with Crippen LogP contribution in [-0.4, -0.2) is 34.0 Å². The third-order valence-corrected chi connectivity index (χ3v) is 2.16. The molecule has 4 heteroatoms. The SMILES string of the molecule is CC(O)C(=O)O.CCCCC(CC)CO. The van der Waals surface area contributed by atoms with E-state index < -0.39 is 12.1 Å². The highest BCUT2D eigenvalue weighted by atomic mass is 16.4. The molecule has 0 aliphatic heterocycles. The number of aliphatic hydroxyl groups is 2. The van der Waals surface area contributed by atoms with Crippen LogP contribution >= 0.6 is 0 Å². The zero-order chi connectivity index (χ0) is 12.3. The zero-order valence-corrected chi connectivity index (χ0v) is 9.94. The standard InChI is InChI=1S/C8H18O.C3H6O3/c1-3-5-6-8(4-2)7-9;1-2(4)3(5)6/h8-9H,3-7H2,1-2H3;2,4H,1H3,(H,5,6). The lowest BCUT2D eigenvalue weighted by Crippen LogP contribution is -2.13. The highest BCUT2D eigenvalue weighted by Crippen LogP contribution is 2.10. The van der Waals surface area contributed by atoms with Crippen LogP contribution in [0.2, 0.25) is 0 Å². The van der Waals surface area contributed by atoms with Gasteiger partial charge in [-0.3, -0.25) is 0 Å². The van der Waals surface area contributed by atoms with E-state index in [4.69, 9.17) is 15.3 Å². The van der Waals surface area contributed by atoms with Gasteiger partial charge < -0.3 is 15.3 Å². The first-order valence-electron chi connectivity index (χ1n) is 5.51. The van der Waals surface area contributed by atoms with Crippen molar-refractivity contribution in [3.05, 3.63) is 0 Å². The topological polar surface area (TPSA) is 77.8 Å². The fourth-order valence-electron chi connectivity index (χ4n) is 0.917. The third-order valence-electron chi connectivity index (χ3n) is 2.16. The number of carboxylic acid groups (broad SMARTS) is 1. The van der Waals surface area contributed by atoms with Crippen LogP contribution in [0.3, 0.4) is 0 Å². The molecule has 2 unspecified atom stereocenters. The van der Waals surface area contributed by atoms with Gasteiger partial charge in [-0.2, -0.15) is 0 Å². The summed E-state index contributed by atoms with van der Waals surface area (Å²) in [6, 6.07) is 0. The van der Waals surface area contributed by atoms with Gasteiger partial charge in [0.05, 0.1) is 0 Å². The first kappa shape index (κ1) is 16.8. The van der Waals surface area contributed by atoms with Crippen molar-refractivity contribution in [1.29, 1.82) is 0 Å². The lowest BCUT2D eigenvalue weighted by Gasteiger charge is -2.08. The number of aliphatic carboxylic acids is 1. The van der Waals surface area contributed by atoms with Crippen molar-refractivity contribution in [3.8, 4) is 0 Å². The molecule has 0 radical (unpaired) electrons. The van der Waals surface area contributed by atoms with Crippen LogP contribution in [0.1, 0.15) is 46.5 Å². The smallest absolute Gasteiger partial charge is 0.332 e. The van der Waals surface area contributed by atoms with E-state index >= 15 is 0 Å². The van der Waals surface area contributed by atoms with E-state index in [1.807, 2.05) is 0 Å². The van der Waals surface area contributed by atoms with E-state index in [0.29, 0.717) is 12.5 Å². The molecule has 4 nitrogen and oxygen atoms in total. The maximum Gasteiger partial charge on any atom is 0.332 e. The van der Waals surface area contributed by atoms with Gasteiger partial charge in [-0.15, -0.1) is 0 Å². The van der Waals surface area contributed by atoms with Crippen LogP contribution in [-0.2, 0) is 4.79 Å². The van der Waals surface area contributed by atoms with Crippen molar-refractivity contribution in [1.82, 2.24) is 0 Å². The predicted octanol–water partition coefficient (Wildman–Crippen LogP) is 1.65. The summed E-state index contributed by atoms with van der Waals surface area (Å²) in [6.07, 6.45) is 3.60. The van der Waals surface area contributed by atoms with Crippen molar-refractivity contribution >= 4 is 5.97 Å². The van der Waals surface area contributed by atoms with E-state index in [2.05, 4.69) is 13.8 Å². The molecule has 0 amide bonds. The monoisotopic (exact) mass is 220 g/mol. The quantitative estimate of drug-likeness (QED) is 0.636.